The first-order chi connectivity index (χ1) is 27.3. The van der Waals surface area contributed by atoms with Crippen LogP contribution < -0.4 is 0 Å². The minimum Gasteiger partial charge on any atom is -0.462 e. The summed E-state index contributed by atoms with van der Waals surface area (Å²) in [5.74, 6) is -0.840. The Balaban J connectivity index is 2.23. The van der Waals surface area contributed by atoms with Crippen LogP contribution in [-0.4, -0.2) is 89.0 Å². The molecule has 0 aromatic heterocycles. The standard InChI is InChI=1S/C46H86O10/c1-3-5-7-9-11-13-14-15-16-17-18-19-20-21-22-23-24-25-26-27-29-31-33-35-42(49)55-39(37-53-41(48)34-32-30-28-12-10-8-6-4-2)38-54-46-45(52)44(51)43(50)40(36-47)56-46/h27,29,39-40,43-47,50-52H,3-26,28,30-38H2,1-2H3/b29-27+/t39-,40-,43+,44?,45?,46-/m1/s1. The molecule has 330 valence electrons. The van der Waals surface area contributed by atoms with Crippen LogP contribution in [0.1, 0.15) is 213 Å². The minimum atomic E-state index is -1.59. The third-order valence-electron chi connectivity index (χ3n) is 10.9. The number of carbonyl (C=O) groups is 2. The first-order valence-electron chi connectivity index (χ1n) is 23.3. The molecule has 0 aromatic rings. The van der Waals surface area contributed by atoms with Gasteiger partial charge in [0.05, 0.1) is 13.2 Å². The van der Waals surface area contributed by atoms with Gasteiger partial charge in [-0.1, -0.05) is 180 Å². The number of allylic oxidation sites excluding steroid dienone is 2. The first-order valence-corrected chi connectivity index (χ1v) is 23.3. The van der Waals surface area contributed by atoms with E-state index in [1.165, 1.54) is 141 Å². The molecule has 1 fully saturated rings. The molecule has 6 atom stereocenters. The predicted molar refractivity (Wildman–Crippen MR) is 224 cm³/mol. The lowest BCUT2D eigenvalue weighted by Gasteiger charge is -2.39. The predicted octanol–water partition coefficient (Wildman–Crippen LogP) is 9.95. The van der Waals surface area contributed by atoms with Gasteiger partial charge in [-0.3, -0.25) is 9.59 Å². The highest BCUT2D eigenvalue weighted by atomic mass is 16.7. The topological polar surface area (TPSA) is 152 Å². The van der Waals surface area contributed by atoms with Gasteiger partial charge in [-0.2, -0.15) is 0 Å². The lowest BCUT2D eigenvalue weighted by molar-refractivity contribution is -0.305. The van der Waals surface area contributed by atoms with E-state index in [9.17, 15) is 30.0 Å². The van der Waals surface area contributed by atoms with Crippen LogP contribution in [-0.2, 0) is 28.5 Å². The molecule has 2 unspecified atom stereocenters. The molecule has 1 heterocycles. The third-order valence-corrected chi connectivity index (χ3v) is 10.9. The van der Waals surface area contributed by atoms with Gasteiger partial charge in [0, 0.05) is 12.8 Å². The Kier molecular flexibility index (Phi) is 35.3. The molecule has 10 nitrogen and oxygen atoms in total. The number of hydrogen-bond acceptors (Lipinski definition) is 10. The third kappa shape index (κ3) is 28.8. The Morgan fingerprint density at radius 3 is 1.45 bits per heavy atom. The van der Waals surface area contributed by atoms with E-state index in [0.717, 1.165) is 38.5 Å². The van der Waals surface area contributed by atoms with Crippen molar-refractivity contribution in [3.05, 3.63) is 12.2 Å². The molecule has 0 amide bonds. The zero-order valence-electron chi connectivity index (χ0n) is 35.9. The smallest absolute Gasteiger partial charge is 0.306 e. The second-order valence-electron chi connectivity index (χ2n) is 16.2. The molecule has 4 N–H and O–H groups in total. The van der Waals surface area contributed by atoms with E-state index in [1.54, 1.807) is 0 Å². The highest BCUT2D eigenvalue weighted by Crippen LogP contribution is 2.23. The summed E-state index contributed by atoms with van der Waals surface area (Å²) in [6.07, 6.45) is 32.6. The summed E-state index contributed by atoms with van der Waals surface area (Å²) < 4.78 is 22.1. The minimum absolute atomic E-state index is 0.187. The number of unbranched alkanes of at least 4 members (excludes halogenated alkanes) is 26. The summed E-state index contributed by atoms with van der Waals surface area (Å²) in [7, 11) is 0. The van der Waals surface area contributed by atoms with Crippen molar-refractivity contribution >= 4 is 11.9 Å². The van der Waals surface area contributed by atoms with Gasteiger partial charge in [0.15, 0.2) is 12.4 Å². The Bertz CT molecular complexity index is 928. The van der Waals surface area contributed by atoms with Crippen LogP contribution in [0.25, 0.3) is 0 Å². The van der Waals surface area contributed by atoms with Crippen molar-refractivity contribution in [2.24, 2.45) is 0 Å². The van der Waals surface area contributed by atoms with Crippen molar-refractivity contribution < 1.29 is 49.0 Å². The zero-order chi connectivity index (χ0) is 40.9. The molecule has 56 heavy (non-hydrogen) atoms. The van der Waals surface area contributed by atoms with Crippen molar-refractivity contribution in [2.45, 2.75) is 250 Å². The normalized spacial score (nSPS) is 20.4. The Hall–Kier alpha value is -1.56. The van der Waals surface area contributed by atoms with Crippen molar-refractivity contribution in [1.29, 1.82) is 0 Å². The SMILES string of the molecule is CCCCCCCCCCCCCCCCCCCC/C=C/CCCC(=O)O[C@H](COC(=O)CCCCCCCCCC)CO[C@@H]1O[C@H](CO)[C@H](O)C(O)C1O. The summed E-state index contributed by atoms with van der Waals surface area (Å²) in [5.41, 5.74) is 0. The largest absolute Gasteiger partial charge is 0.462 e. The molecule has 10 heteroatoms. The lowest BCUT2D eigenvalue weighted by atomic mass is 9.99. The van der Waals surface area contributed by atoms with Gasteiger partial charge in [-0.25, -0.2) is 0 Å². The highest BCUT2D eigenvalue weighted by Gasteiger charge is 2.44. The molecule has 1 aliphatic heterocycles. The first kappa shape index (κ1) is 52.5. The average Bonchev–Trinajstić information content (AvgIpc) is 3.19. The molecule has 0 aromatic carbocycles. The van der Waals surface area contributed by atoms with Crippen LogP contribution in [0.5, 0.6) is 0 Å². The number of aliphatic hydroxyl groups is 4. The summed E-state index contributed by atoms with van der Waals surface area (Å²) in [5, 5.41) is 40.0. The van der Waals surface area contributed by atoms with E-state index >= 15 is 0 Å². The van der Waals surface area contributed by atoms with Gasteiger partial charge in [0.25, 0.3) is 0 Å². The second kappa shape index (κ2) is 37.7. The van der Waals surface area contributed by atoms with Gasteiger partial charge in [0.1, 0.15) is 31.0 Å². The lowest BCUT2D eigenvalue weighted by Crippen LogP contribution is -2.59. The highest BCUT2D eigenvalue weighted by molar-refractivity contribution is 5.70. The molecular weight excluding hydrogens is 712 g/mol. The van der Waals surface area contributed by atoms with E-state index in [1.807, 2.05) is 0 Å². The zero-order valence-corrected chi connectivity index (χ0v) is 35.9. The second-order valence-corrected chi connectivity index (χ2v) is 16.2. The maximum atomic E-state index is 12.7. The van der Waals surface area contributed by atoms with Crippen molar-refractivity contribution in [3.8, 4) is 0 Å². The van der Waals surface area contributed by atoms with Gasteiger partial charge in [-0.05, 0) is 32.1 Å². The maximum absolute atomic E-state index is 12.7. The molecule has 0 bridgehead atoms. The van der Waals surface area contributed by atoms with Crippen LogP contribution in [0.2, 0.25) is 0 Å². The van der Waals surface area contributed by atoms with Gasteiger partial charge in [0.2, 0.25) is 0 Å². The molecule has 0 spiro atoms. The summed E-state index contributed by atoms with van der Waals surface area (Å²) in [4.78, 5) is 25.2. The van der Waals surface area contributed by atoms with Crippen molar-refractivity contribution in [1.82, 2.24) is 0 Å². The molecule has 0 radical (unpaired) electrons. The number of ether oxygens (including phenoxy) is 4. The quantitative estimate of drug-likeness (QED) is 0.0269. The van der Waals surface area contributed by atoms with E-state index < -0.39 is 49.4 Å². The van der Waals surface area contributed by atoms with Crippen LogP contribution in [0.15, 0.2) is 12.2 Å². The maximum Gasteiger partial charge on any atom is 0.306 e. The van der Waals surface area contributed by atoms with E-state index in [2.05, 4.69) is 26.0 Å². The summed E-state index contributed by atoms with van der Waals surface area (Å²) in [6, 6.07) is 0. The van der Waals surface area contributed by atoms with Gasteiger partial charge >= 0.3 is 11.9 Å². The number of aliphatic hydroxyl groups excluding tert-OH is 4. The van der Waals surface area contributed by atoms with E-state index in [4.69, 9.17) is 18.9 Å². The fraction of sp³-hybridized carbons (Fsp3) is 0.913. The fourth-order valence-corrected chi connectivity index (χ4v) is 7.19. The molecule has 0 aliphatic carbocycles. The van der Waals surface area contributed by atoms with Crippen molar-refractivity contribution in [3.63, 3.8) is 0 Å². The van der Waals surface area contributed by atoms with Gasteiger partial charge in [-0.15, -0.1) is 0 Å². The summed E-state index contributed by atoms with van der Waals surface area (Å²) >= 11 is 0. The van der Waals surface area contributed by atoms with E-state index in [0.29, 0.717) is 6.42 Å². The number of carbonyl (C=O) groups excluding carboxylic acids is 2. The van der Waals surface area contributed by atoms with Crippen molar-refractivity contribution in [2.75, 3.05) is 19.8 Å². The van der Waals surface area contributed by atoms with Gasteiger partial charge < -0.3 is 39.4 Å². The summed E-state index contributed by atoms with van der Waals surface area (Å²) in [6.45, 7) is 3.38. The number of esters is 2. The monoisotopic (exact) mass is 799 g/mol. The average molecular weight is 799 g/mol. The Morgan fingerprint density at radius 2 is 0.964 bits per heavy atom. The fourth-order valence-electron chi connectivity index (χ4n) is 7.19. The Morgan fingerprint density at radius 1 is 0.536 bits per heavy atom. The van der Waals surface area contributed by atoms with E-state index in [-0.39, 0.29) is 32.0 Å². The molecule has 1 rings (SSSR count). The van der Waals surface area contributed by atoms with Crippen LogP contribution in [0, 0.1) is 0 Å². The Labute approximate surface area is 341 Å². The molecule has 0 saturated carbocycles. The van der Waals surface area contributed by atoms with Crippen LogP contribution >= 0.6 is 0 Å². The molecular formula is C46H86O10. The van der Waals surface area contributed by atoms with Crippen LogP contribution in [0.4, 0.5) is 0 Å². The van der Waals surface area contributed by atoms with Crippen LogP contribution in [0.3, 0.4) is 0 Å². The number of rotatable bonds is 39. The molecule has 1 saturated heterocycles. The molecule has 1 aliphatic rings. The number of hydrogen-bond donors (Lipinski definition) is 4.